The van der Waals surface area contributed by atoms with Crippen LogP contribution in [0.2, 0.25) is 0 Å². The van der Waals surface area contributed by atoms with Crippen molar-refractivity contribution >= 4 is 11.9 Å². The topological polar surface area (TPSA) is 72.8 Å². The molecule has 1 unspecified atom stereocenters. The van der Waals surface area contributed by atoms with Crippen LogP contribution in [0.5, 0.6) is 0 Å². The predicted molar refractivity (Wildman–Crippen MR) is 325 cm³/mol. The fourth-order valence-electron chi connectivity index (χ4n) is 9.38. The Hall–Kier alpha value is -2.92. The van der Waals surface area contributed by atoms with Crippen LogP contribution in [-0.2, 0) is 19.1 Å². The van der Waals surface area contributed by atoms with Gasteiger partial charge in [0.15, 0.2) is 6.10 Å². The zero-order valence-electron chi connectivity index (χ0n) is 49.1. The maximum Gasteiger partial charge on any atom is 0.306 e. The Balaban J connectivity index is 3.43. The summed E-state index contributed by atoms with van der Waals surface area (Å²) in [4.78, 5) is 24.6. The van der Waals surface area contributed by atoms with Crippen LogP contribution in [0.1, 0.15) is 322 Å². The maximum atomic E-state index is 12.3. The quantitative estimate of drug-likeness (QED) is 0.0373. The molecule has 0 aliphatic carbocycles. The van der Waals surface area contributed by atoms with E-state index in [9.17, 15) is 14.7 Å². The number of ether oxygens (including phenoxy) is 2. The van der Waals surface area contributed by atoms with Gasteiger partial charge in [-0.05, 0) is 89.9 Å². The molecule has 0 aliphatic heterocycles. The average molecular weight is 1030 g/mol. The molecule has 0 aromatic carbocycles. The van der Waals surface area contributed by atoms with E-state index in [1.165, 1.54) is 218 Å². The van der Waals surface area contributed by atoms with Gasteiger partial charge in [0.05, 0.1) is 6.61 Å². The number of allylic oxidation sites excluding steroid dienone is 14. The number of esters is 2. The molecule has 0 radical (unpaired) electrons. The molecular weight excluding hydrogens is 909 g/mol. The highest BCUT2D eigenvalue weighted by Gasteiger charge is 2.16. The van der Waals surface area contributed by atoms with E-state index in [0.29, 0.717) is 12.8 Å². The van der Waals surface area contributed by atoms with Gasteiger partial charge in [-0.2, -0.15) is 0 Å². The third kappa shape index (κ3) is 61.6. The molecule has 428 valence electrons. The summed E-state index contributed by atoms with van der Waals surface area (Å²) in [5.41, 5.74) is 0. The Labute approximate surface area is 460 Å². The fourth-order valence-corrected chi connectivity index (χ4v) is 9.38. The molecule has 0 aromatic rings. The normalized spacial score (nSPS) is 12.7. The van der Waals surface area contributed by atoms with E-state index in [0.717, 1.165) is 77.0 Å². The van der Waals surface area contributed by atoms with Gasteiger partial charge >= 0.3 is 11.9 Å². The second-order valence-corrected chi connectivity index (χ2v) is 21.5. The first-order chi connectivity index (χ1) is 36.6. The molecule has 0 aromatic heterocycles. The predicted octanol–water partition coefficient (Wildman–Crippen LogP) is 22.1. The monoisotopic (exact) mass is 1030 g/mol. The van der Waals surface area contributed by atoms with E-state index in [1.54, 1.807) is 0 Å². The molecule has 74 heavy (non-hydrogen) atoms. The van der Waals surface area contributed by atoms with E-state index in [1.807, 2.05) is 0 Å². The highest BCUT2D eigenvalue weighted by atomic mass is 16.6. The molecular formula is C69H122O5. The van der Waals surface area contributed by atoms with Crippen LogP contribution in [0, 0.1) is 0 Å². The van der Waals surface area contributed by atoms with Gasteiger partial charge in [0.2, 0.25) is 0 Å². The Morgan fingerprint density at radius 2 is 0.581 bits per heavy atom. The minimum Gasteiger partial charge on any atom is -0.462 e. The lowest BCUT2D eigenvalue weighted by Gasteiger charge is -2.15. The van der Waals surface area contributed by atoms with Gasteiger partial charge < -0.3 is 14.6 Å². The number of carbonyl (C=O) groups excluding carboxylic acids is 2. The first-order valence-corrected chi connectivity index (χ1v) is 32.1. The van der Waals surface area contributed by atoms with Gasteiger partial charge in [-0.1, -0.05) is 304 Å². The minimum atomic E-state index is -0.778. The average Bonchev–Trinajstić information content (AvgIpc) is 3.40. The minimum absolute atomic E-state index is 0.0690. The van der Waals surface area contributed by atoms with Gasteiger partial charge in [0.1, 0.15) is 6.61 Å². The van der Waals surface area contributed by atoms with E-state index in [-0.39, 0.29) is 25.2 Å². The molecule has 0 saturated heterocycles. The van der Waals surface area contributed by atoms with Crippen LogP contribution in [0.15, 0.2) is 85.1 Å². The van der Waals surface area contributed by atoms with Crippen molar-refractivity contribution < 1.29 is 24.2 Å². The van der Waals surface area contributed by atoms with Crippen molar-refractivity contribution in [3.05, 3.63) is 85.1 Å². The number of rotatable bonds is 59. The summed E-state index contributed by atoms with van der Waals surface area (Å²) in [7, 11) is 0. The van der Waals surface area contributed by atoms with Crippen molar-refractivity contribution in [3.8, 4) is 0 Å². The molecule has 5 heteroatoms. The van der Waals surface area contributed by atoms with Gasteiger partial charge in [-0.25, -0.2) is 0 Å². The van der Waals surface area contributed by atoms with Crippen molar-refractivity contribution in [2.45, 2.75) is 328 Å². The Kier molecular flexibility index (Phi) is 61.8. The molecule has 5 nitrogen and oxygen atoms in total. The second-order valence-electron chi connectivity index (χ2n) is 21.5. The van der Waals surface area contributed by atoms with Crippen LogP contribution in [0.3, 0.4) is 0 Å². The van der Waals surface area contributed by atoms with E-state index in [4.69, 9.17) is 9.47 Å². The van der Waals surface area contributed by atoms with Crippen molar-refractivity contribution in [3.63, 3.8) is 0 Å². The SMILES string of the molecule is CC/C=C\C/C=C\C/C=C\C/C=C\CCCCCCCCCCCCCCCCCCCCCCCCCCC(=O)OC(CO)COC(=O)CCCCCCCCCC/C=C\C/C=C\C/C=C\CCCCCCC. The molecule has 0 spiro atoms. The molecule has 0 amide bonds. The molecule has 1 N–H and O–H groups in total. The lowest BCUT2D eigenvalue weighted by Crippen LogP contribution is -2.28. The Morgan fingerprint density at radius 3 is 0.878 bits per heavy atom. The first kappa shape index (κ1) is 71.1. The summed E-state index contributed by atoms with van der Waals surface area (Å²) in [5, 5.41) is 9.68. The number of unbranched alkanes of at least 4 members (excludes halogenated alkanes) is 37. The van der Waals surface area contributed by atoms with Crippen LogP contribution >= 0.6 is 0 Å². The smallest absolute Gasteiger partial charge is 0.306 e. The molecule has 0 bridgehead atoms. The van der Waals surface area contributed by atoms with Crippen molar-refractivity contribution in [1.82, 2.24) is 0 Å². The van der Waals surface area contributed by atoms with E-state index < -0.39 is 6.10 Å². The lowest BCUT2D eigenvalue weighted by molar-refractivity contribution is -0.161. The number of aliphatic hydroxyl groups is 1. The summed E-state index contributed by atoms with van der Waals surface area (Å²) in [6.07, 6.45) is 90.2. The highest BCUT2D eigenvalue weighted by molar-refractivity contribution is 5.70. The second kappa shape index (κ2) is 64.4. The van der Waals surface area contributed by atoms with Crippen molar-refractivity contribution in [1.29, 1.82) is 0 Å². The summed E-state index contributed by atoms with van der Waals surface area (Å²) in [6, 6.07) is 0. The highest BCUT2D eigenvalue weighted by Crippen LogP contribution is 2.17. The summed E-state index contributed by atoms with van der Waals surface area (Å²) >= 11 is 0. The summed E-state index contributed by atoms with van der Waals surface area (Å²) in [6.45, 7) is 4.04. The van der Waals surface area contributed by atoms with Crippen molar-refractivity contribution in [2.75, 3.05) is 13.2 Å². The molecule has 0 rings (SSSR count). The van der Waals surface area contributed by atoms with E-state index in [2.05, 4.69) is 98.9 Å². The number of hydrogen-bond acceptors (Lipinski definition) is 5. The van der Waals surface area contributed by atoms with Crippen LogP contribution < -0.4 is 0 Å². The van der Waals surface area contributed by atoms with Crippen LogP contribution in [-0.4, -0.2) is 36.4 Å². The molecule has 0 fully saturated rings. The molecule has 1 atom stereocenters. The third-order valence-electron chi connectivity index (χ3n) is 14.2. The number of hydrogen-bond donors (Lipinski definition) is 1. The largest absolute Gasteiger partial charge is 0.462 e. The van der Waals surface area contributed by atoms with Gasteiger partial charge in [-0.15, -0.1) is 0 Å². The third-order valence-corrected chi connectivity index (χ3v) is 14.2. The Bertz CT molecular complexity index is 1350. The molecule has 0 heterocycles. The zero-order chi connectivity index (χ0) is 53.4. The Morgan fingerprint density at radius 1 is 0.324 bits per heavy atom. The van der Waals surface area contributed by atoms with Crippen LogP contribution in [0.4, 0.5) is 0 Å². The van der Waals surface area contributed by atoms with Crippen molar-refractivity contribution in [2.24, 2.45) is 0 Å². The summed E-state index contributed by atoms with van der Waals surface area (Å²) in [5.74, 6) is -0.587. The fraction of sp³-hybridized carbons (Fsp3) is 0.768. The first-order valence-electron chi connectivity index (χ1n) is 32.1. The molecule has 0 aliphatic rings. The number of carbonyl (C=O) groups is 2. The summed E-state index contributed by atoms with van der Waals surface area (Å²) < 4.78 is 10.7. The zero-order valence-corrected chi connectivity index (χ0v) is 49.1. The van der Waals surface area contributed by atoms with Gasteiger partial charge in [-0.3, -0.25) is 9.59 Å². The maximum absolute atomic E-state index is 12.3. The standard InChI is InChI=1S/C69H122O5/c1-3-5-7-9-11-13-15-17-19-21-23-25-27-28-29-30-31-32-33-34-35-36-37-38-39-40-42-44-46-48-50-52-54-56-58-60-62-64-69(72)74-67(65-70)66-73-68(71)63-61-59-57-55-53-51-49-47-45-43-41-26-24-22-20-18-16-14-12-10-8-6-4-2/h5,7,11,13,16-19,22-25,41,43,67,70H,3-4,6,8-10,12,14-15,20-21,26-40,42,44-66H2,1-2H3/b7-5-,13-11-,18-16-,19-17-,24-22-,25-23-,43-41-. The lowest BCUT2D eigenvalue weighted by atomic mass is 10.0. The van der Waals surface area contributed by atoms with Crippen LogP contribution in [0.25, 0.3) is 0 Å². The van der Waals surface area contributed by atoms with Gasteiger partial charge in [0.25, 0.3) is 0 Å². The molecule has 0 saturated carbocycles. The van der Waals surface area contributed by atoms with Gasteiger partial charge in [0, 0.05) is 12.8 Å². The van der Waals surface area contributed by atoms with E-state index >= 15 is 0 Å². The number of aliphatic hydroxyl groups excluding tert-OH is 1.